The van der Waals surface area contributed by atoms with Crippen molar-refractivity contribution in [2.45, 2.75) is 0 Å². The molecule has 6 heteroatoms. The summed E-state index contributed by atoms with van der Waals surface area (Å²) in [5.74, 6) is 0. The van der Waals surface area contributed by atoms with E-state index in [4.69, 9.17) is 0 Å². The smallest absolute Gasteiger partial charge is 0.284 e. The van der Waals surface area contributed by atoms with Crippen LogP contribution < -0.4 is 0 Å². The first-order chi connectivity index (χ1) is 6.61. The topological polar surface area (TPSA) is 77.3 Å². The van der Waals surface area contributed by atoms with Gasteiger partial charge in [0.2, 0.25) is 0 Å². The van der Waals surface area contributed by atoms with E-state index in [1.165, 1.54) is 12.1 Å². The maximum atomic E-state index is 10.6. The number of hydrogen-bond acceptors (Lipinski definition) is 4. The Morgan fingerprint density at radius 3 is 2.36 bits per heavy atom. The van der Waals surface area contributed by atoms with Crippen LogP contribution in [0.1, 0.15) is 20.7 Å². The molecular weight excluding hydrogens is 254 g/mol. The molecule has 14 heavy (non-hydrogen) atoms. The lowest BCUT2D eigenvalue weighted by molar-refractivity contribution is -0.385. The Labute approximate surface area is 87.0 Å². The SMILES string of the molecule is O=Cc1ccc([N+](=O)[O-])c(Br)c1C=O. The number of benzene rings is 1. The predicted octanol–water partition coefficient (Wildman–Crippen LogP) is 1.98. The second-order valence-corrected chi connectivity index (χ2v) is 3.19. The minimum Gasteiger partial charge on any atom is -0.298 e. The second-order valence-electron chi connectivity index (χ2n) is 2.39. The largest absolute Gasteiger partial charge is 0.298 e. The normalized spacial score (nSPS) is 9.50. The van der Waals surface area contributed by atoms with Crippen LogP contribution in [0.3, 0.4) is 0 Å². The number of aldehydes is 2. The van der Waals surface area contributed by atoms with Crippen LogP contribution in [0.2, 0.25) is 0 Å². The Morgan fingerprint density at radius 1 is 1.29 bits per heavy atom. The number of carbonyl (C=O) groups excluding carboxylic acids is 2. The van der Waals surface area contributed by atoms with Crippen molar-refractivity contribution in [1.29, 1.82) is 0 Å². The number of nitro benzene ring substituents is 1. The highest BCUT2D eigenvalue weighted by Gasteiger charge is 2.17. The van der Waals surface area contributed by atoms with Gasteiger partial charge in [-0.2, -0.15) is 0 Å². The molecule has 0 atom stereocenters. The van der Waals surface area contributed by atoms with E-state index in [1.807, 2.05) is 0 Å². The minimum absolute atomic E-state index is 0.00537. The third-order valence-electron chi connectivity index (χ3n) is 1.63. The molecule has 0 saturated carbocycles. The molecule has 0 aliphatic carbocycles. The molecule has 0 fully saturated rings. The number of nitrogens with zero attached hydrogens (tertiary/aromatic N) is 1. The first kappa shape index (κ1) is 10.5. The number of nitro groups is 1. The van der Waals surface area contributed by atoms with Crippen LogP contribution in [-0.4, -0.2) is 17.5 Å². The molecule has 1 aromatic rings. The molecule has 0 aromatic heterocycles. The molecule has 0 aliphatic heterocycles. The van der Waals surface area contributed by atoms with Gasteiger partial charge >= 0.3 is 0 Å². The zero-order valence-corrected chi connectivity index (χ0v) is 8.35. The van der Waals surface area contributed by atoms with Crippen LogP contribution in [0.15, 0.2) is 16.6 Å². The van der Waals surface area contributed by atoms with Gasteiger partial charge in [0.15, 0.2) is 12.6 Å². The van der Waals surface area contributed by atoms with E-state index < -0.39 is 4.92 Å². The fourth-order valence-electron chi connectivity index (χ4n) is 0.960. The fourth-order valence-corrected chi connectivity index (χ4v) is 1.56. The summed E-state index contributed by atoms with van der Waals surface area (Å²) in [5, 5.41) is 10.5. The highest BCUT2D eigenvalue weighted by atomic mass is 79.9. The molecule has 5 nitrogen and oxygen atoms in total. The van der Waals surface area contributed by atoms with E-state index in [1.54, 1.807) is 0 Å². The molecule has 0 amide bonds. The zero-order valence-electron chi connectivity index (χ0n) is 6.77. The van der Waals surface area contributed by atoms with Gasteiger partial charge < -0.3 is 0 Å². The molecule has 72 valence electrons. The highest BCUT2D eigenvalue weighted by Crippen LogP contribution is 2.29. The molecule has 0 unspecified atom stereocenters. The molecule has 0 aliphatic rings. The maximum Gasteiger partial charge on any atom is 0.284 e. The van der Waals surface area contributed by atoms with Crippen molar-refractivity contribution in [3.05, 3.63) is 37.8 Å². The standard InChI is InChI=1S/C8H4BrNO4/c9-8-6(4-12)5(3-11)1-2-7(8)10(13)14/h1-4H. The van der Waals surface area contributed by atoms with Gasteiger partial charge in [-0.05, 0) is 22.0 Å². The van der Waals surface area contributed by atoms with Crippen molar-refractivity contribution in [3.8, 4) is 0 Å². The predicted molar refractivity (Wildman–Crippen MR) is 51.6 cm³/mol. The Kier molecular flexibility index (Phi) is 3.08. The Hall–Kier alpha value is -1.56. The van der Waals surface area contributed by atoms with Crippen LogP contribution >= 0.6 is 15.9 Å². The summed E-state index contributed by atoms with van der Waals surface area (Å²) in [6.45, 7) is 0. The lowest BCUT2D eigenvalue weighted by Crippen LogP contribution is -1.97. The van der Waals surface area contributed by atoms with E-state index in [-0.39, 0.29) is 21.3 Å². The Bertz CT molecular complexity index is 416. The average Bonchev–Trinajstić information content (AvgIpc) is 2.16. The minimum atomic E-state index is -0.633. The molecule has 1 rings (SSSR count). The van der Waals surface area contributed by atoms with Gasteiger partial charge in [-0.3, -0.25) is 19.7 Å². The van der Waals surface area contributed by atoms with Gasteiger partial charge in [0.1, 0.15) is 4.47 Å². The molecule has 0 radical (unpaired) electrons. The van der Waals surface area contributed by atoms with Crippen LogP contribution in [0.5, 0.6) is 0 Å². The highest BCUT2D eigenvalue weighted by molar-refractivity contribution is 9.10. The van der Waals surface area contributed by atoms with E-state index in [9.17, 15) is 19.7 Å². The van der Waals surface area contributed by atoms with Gasteiger partial charge in [0, 0.05) is 17.2 Å². The Balaban J connectivity index is 3.49. The van der Waals surface area contributed by atoms with E-state index in [0.29, 0.717) is 12.6 Å². The summed E-state index contributed by atoms with van der Waals surface area (Å²) in [6, 6.07) is 2.40. The third-order valence-corrected chi connectivity index (χ3v) is 2.47. The van der Waals surface area contributed by atoms with Crippen LogP contribution in [-0.2, 0) is 0 Å². The summed E-state index contributed by atoms with van der Waals surface area (Å²) in [7, 11) is 0. The van der Waals surface area contributed by atoms with Crippen molar-refractivity contribution in [1.82, 2.24) is 0 Å². The van der Waals surface area contributed by atoms with Crippen molar-refractivity contribution < 1.29 is 14.5 Å². The van der Waals surface area contributed by atoms with Gasteiger partial charge in [-0.15, -0.1) is 0 Å². The van der Waals surface area contributed by atoms with Crippen LogP contribution in [0.4, 0.5) is 5.69 Å². The summed E-state index contributed by atoms with van der Waals surface area (Å²) < 4.78 is 0.0297. The number of rotatable bonds is 3. The number of halogens is 1. The monoisotopic (exact) mass is 257 g/mol. The maximum absolute atomic E-state index is 10.6. The molecule has 0 heterocycles. The molecule has 0 N–H and O–H groups in total. The van der Waals surface area contributed by atoms with Gasteiger partial charge in [-0.25, -0.2) is 0 Å². The van der Waals surface area contributed by atoms with Crippen molar-refractivity contribution in [2.24, 2.45) is 0 Å². The van der Waals surface area contributed by atoms with E-state index >= 15 is 0 Å². The number of carbonyl (C=O) groups is 2. The van der Waals surface area contributed by atoms with Crippen LogP contribution in [0, 0.1) is 10.1 Å². The van der Waals surface area contributed by atoms with Crippen LogP contribution in [0.25, 0.3) is 0 Å². The molecule has 0 bridgehead atoms. The lowest BCUT2D eigenvalue weighted by atomic mass is 10.1. The van der Waals surface area contributed by atoms with E-state index in [2.05, 4.69) is 15.9 Å². The van der Waals surface area contributed by atoms with Gasteiger partial charge in [-0.1, -0.05) is 0 Å². The molecule has 0 saturated heterocycles. The number of hydrogen-bond donors (Lipinski definition) is 0. The zero-order chi connectivity index (χ0) is 10.7. The summed E-state index contributed by atoms with van der Waals surface area (Å²) in [4.78, 5) is 30.9. The van der Waals surface area contributed by atoms with E-state index in [0.717, 1.165) is 0 Å². The van der Waals surface area contributed by atoms with Crippen molar-refractivity contribution in [2.75, 3.05) is 0 Å². The van der Waals surface area contributed by atoms with Crippen molar-refractivity contribution >= 4 is 34.2 Å². The second kappa shape index (κ2) is 4.10. The first-order valence-corrected chi connectivity index (χ1v) is 4.28. The van der Waals surface area contributed by atoms with Gasteiger partial charge in [0.05, 0.1) is 4.92 Å². The first-order valence-electron chi connectivity index (χ1n) is 3.49. The summed E-state index contributed by atoms with van der Waals surface area (Å²) >= 11 is 2.90. The molecule has 1 aromatic carbocycles. The Morgan fingerprint density at radius 2 is 1.93 bits per heavy atom. The molecule has 0 spiro atoms. The average molecular weight is 258 g/mol. The molecular formula is C8H4BrNO4. The summed E-state index contributed by atoms with van der Waals surface area (Å²) in [5.41, 5.74) is -0.121. The summed E-state index contributed by atoms with van der Waals surface area (Å²) in [6.07, 6.45) is 0.874. The third kappa shape index (κ3) is 1.69. The van der Waals surface area contributed by atoms with Crippen molar-refractivity contribution in [3.63, 3.8) is 0 Å². The lowest BCUT2D eigenvalue weighted by Gasteiger charge is -2.00. The quantitative estimate of drug-likeness (QED) is 0.471. The van der Waals surface area contributed by atoms with Gasteiger partial charge in [0.25, 0.3) is 5.69 Å². The fraction of sp³-hybridized carbons (Fsp3) is 0.